The highest BCUT2D eigenvalue weighted by molar-refractivity contribution is 7.90. The molecule has 0 radical (unpaired) electrons. The van der Waals surface area contributed by atoms with Crippen molar-refractivity contribution in [1.82, 2.24) is 9.78 Å². The molecule has 3 rings (SSSR count). The second-order valence-electron chi connectivity index (χ2n) is 8.11. The number of nitrogens with zero attached hydrogens (tertiary/aromatic N) is 2. The van der Waals surface area contributed by atoms with E-state index in [-0.39, 0.29) is 33.3 Å². The fourth-order valence-corrected chi connectivity index (χ4v) is 5.10. The van der Waals surface area contributed by atoms with Crippen LogP contribution in [0.1, 0.15) is 43.0 Å². The number of halogens is 4. The van der Waals surface area contributed by atoms with Gasteiger partial charge >= 0.3 is 6.18 Å². The molecule has 0 aliphatic heterocycles. The second kappa shape index (κ2) is 9.65. The van der Waals surface area contributed by atoms with Gasteiger partial charge in [-0.25, -0.2) is 13.1 Å². The van der Waals surface area contributed by atoms with Crippen LogP contribution < -0.4 is 4.74 Å². The molecule has 0 spiro atoms. The number of Topliss-reactive ketones (excluding diaryl/α,β-unsaturated/α-hetero) is 2. The highest BCUT2D eigenvalue weighted by Gasteiger charge is 2.36. The van der Waals surface area contributed by atoms with Crippen LogP contribution in [0.3, 0.4) is 0 Å². The zero-order valence-corrected chi connectivity index (χ0v) is 20.5. The van der Waals surface area contributed by atoms with Crippen molar-refractivity contribution in [2.45, 2.75) is 43.9 Å². The van der Waals surface area contributed by atoms with Gasteiger partial charge in [0.1, 0.15) is 17.9 Å². The van der Waals surface area contributed by atoms with Crippen LogP contribution in [0.25, 0.3) is 5.76 Å². The number of carbonyl (C=O) groups is 2. The van der Waals surface area contributed by atoms with Crippen LogP contribution in [0.5, 0.6) is 5.88 Å². The molecule has 0 bridgehead atoms. The number of ketones is 2. The first-order valence-corrected chi connectivity index (χ1v) is 12.7. The molecule has 0 saturated heterocycles. The number of allylic oxidation sites excluding steroid dienone is 1. The minimum atomic E-state index is -4.72. The molecule has 1 aliphatic rings. The Kier molecular flexibility index (Phi) is 7.37. The molecule has 1 aromatic heterocycles. The van der Waals surface area contributed by atoms with Crippen molar-refractivity contribution in [2.24, 2.45) is 13.0 Å². The van der Waals surface area contributed by atoms with Crippen molar-refractivity contribution in [1.29, 1.82) is 0 Å². The predicted octanol–water partition coefficient (Wildman–Crippen LogP) is 4.30. The van der Waals surface area contributed by atoms with Gasteiger partial charge in [-0.05, 0) is 25.0 Å². The average molecular weight is 535 g/mol. The summed E-state index contributed by atoms with van der Waals surface area (Å²) in [6.45, 7) is 1.17. The van der Waals surface area contributed by atoms with Crippen LogP contribution in [-0.2, 0) is 39.3 Å². The molecule has 2 aromatic rings. The van der Waals surface area contributed by atoms with E-state index in [1.807, 2.05) is 0 Å². The van der Waals surface area contributed by atoms with Crippen molar-refractivity contribution < 1.29 is 41.0 Å². The first-order chi connectivity index (χ1) is 16.2. The standard InChI is InChI=1S/C22H22ClF3N2O6S/c1-4-11-5-7-14(29)18(20(11)30)21(31)12-6-8-15(35(3,32)33)13(19(12)23)10-34-17-9-16(22(24,25)26)27-28(17)2/h6,8-9,11,31H,4-5,7,10H2,1-3H3. The molecule has 13 heteroatoms. The normalized spacial score (nSPS) is 18.7. The maximum Gasteiger partial charge on any atom is 0.435 e. The van der Waals surface area contributed by atoms with Crippen LogP contribution in [0.2, 0.25) is 5.02 Å². The van der Waals surface area contributed by atoms with Gasteiger partial charge in [0.2, 0.25) is 5.88 Å². The van der Waals surface area contributed by atoms with E-state index in [1.54, 1.807) is 6.92 Å². The third-order valence-corrected chi connectivity index (χ3v) is 7.31. The van der Waals surface area contributed by atoms with Gasteiger partial charge in [-0.2, -0.15) is 18.3 Å². The number of rotatable bonds is 6. The number of sulfone groups is 1. The molecule has 1 saturated carbocycles. The lowest BCUT2D eigenvalue weighted by molar-refractivity contribution is -0.141. The Morgan fingerprint density at radius 1 is 1.31 bits per heavy atom. The molecule has 1 heterocycles. The molecule has 1 N–H and O–H groups in total. The van der Waals surface area contributed by atoms with Gasteiger partial charge in [0.25, 0.3) is 0 Å². The summed E-state index contributed by atoms with van der Waals surface area (Å²) >= 11 is 6.42. The summed E-state index contributed by atoms with van der Waals surface area (Å²) in [4.78, 5) is 24.9. The number of aromatic nitrogens is 2. The highest BCUT2D eigenvalue weighted by atomic mass is 35.5. The highest BCUT2D eigenvalue weighted by Crippen LogP contribution is 2.37. The quantitative estimate of drug-likeness (QED) is 0.334. The zero-order chi connectivity index (χ0) is 26.3. The van der Waals surface area contributed by atoms with Crippen LogP contribution in [0.4, 0.5) is 13.2 Å². The van der Waals surface area contributed by atoms with Gasteiger partial charge in [-0.15, -0.1) is 0 Å². The molecule has 8 nitrogen and oxygen atoms in total. The van der Waals surface area contributed by atoms with Gasteiger partial charge in [0, 0.05) is 42.8 Å². The van der Waals surface area contributed by atoms with Crippen molar-refractivity contribution in [3.8, 4) is 5.88 Å². The summed E-state index contributed by atoms with van der Waals surface area (Å²) in [5.74, 6) is -2.55. The maximum atomic E-state index is 12.9. The minimum absolute atomic E-state index is 0.0562. The van der Waals surface area contributed by atoms with Crippen molar-refractivity contribution in [3.05, 3.63) is 45.6 Å². The Morgan fingerprint density at radius 3 is 2.51 bits per heavy atom. The number of aryl methyl sites for hydroxylation is 1. The van der Waals surface area contributed by atoms with Gasteiger partial charge in [-0.1, -0.05) is 18.5 Å². The third-order valence-electron chi connectivity index (χ3n) is 5.69. The van der Waals surface area contributed by atoms with E-state index in [0.717, 1.165) is 23.1 Å². The Morgan fingerprint density at radius 2 is 1.97 bits per heavy atom. The molecule has 1 fully saturated rings. The lowest BCUT2D eigenvalue weighted by Gasteiger charge is -2.22. The maximum absolute atomic E-state index is 12.9. The smallest absolute Gasteiger partial charge is 0.435 e. The van der Waals surface area contributed by atoms with Gasteiger partial charge in [0.15, 0.2) is 27.1 Å². The van der Waals surface area contributed by atoms with Crippen molar-refractivity contribution in [2.75, 3.05) is 6.26 Å². The number of hydrogen-bond acceptors (Lipinski definition) is 7. The number of aliphatic hydroxyl groups is 1. The number of alkyl halides is 3. The first kappa shape index (κ1) is 26.7. The molecule has 0 amide bonds. The van der Waals surface area contributed by atoms with E-state index >= 15 is 0 Å². The van der Waals surface area contributed by atoms with Crippen molar-refractivity contribution >= 4 is 38.8 Å². The molecule has 35 heavy (non-hydrogen) atoms. The Balaban J connectivity index is 2.09. The number of aliphatic hydroxyl groups excluding tert-OH is 1. The van der Waals surface area contributed by atoms with Gasteiger partial charge in [-0.3, -0.25) is 9.59 Å². The van der Waals surface area contributed by atoms with Crippen LogP contribution in [-0.4, -0.2) is 41.1 Å². The number of ether oxygens (including phenoxy) is 1. The molecule has 1 atom stereocenters. The summed E-state index contributed by atoms with van der Waals surface area (Å²) in [6, 6.07) is 2.92. The summed E-state index contributed by atoms with van der Waals surface area (Å²) in [5, 5.41) is 13.8. The molecule has 1 aromatic carbocycles. The van der Waals surface area contributed by atoms with Crippen LogP contribution in [0.15, 0.2) is 28.7 Å². The molecular formula is C22H22ClF3N2O6S. The molecule has 190 valence electrons. The van der Waals surface area contributed by atoms with E-state index in [9.17, 15) is 36.3 Å². The molecule has 1 aliphatic carbocycles. The Hall–Kier alpha value is -2.86. The number of carbonyl (C=O) groups excluding carboxylic acids is 2. The topological polar surface area (TPSA) is 116 Å². The minimum Gasteiger partial charge on any atom is -0.506 e. The zero-order valence-electron chi connectivity index (χ0n) is 18.9. The summed E-state index contributed by atoms with van der Waals surface area (Å²) in [6.07, 6.45) is -2.95. The average Bonchev–Trinajstić information content (AvgIpc) is 3.13. The van der Waals surface area contributed by atoms with E-state index in [4.69, 9.17) is 16.3 Å². The third kappa shape index (κ3) is 5.37. The monoisotopic (exact) mass is 534 g/mol. The molecule has 1 unspecified atom stereocenters. The van der Waals surface area contributed by atoms with E-state index in [1.165, 1.54) is 7.05 Å². The Bertz CT molecular complexity index is 1330. The van der Waals surface area contributed by atoms with E-state index < -0.39 is 57.1 Å². The van der Waals surface area contributed by atoms with Crippen molar-refractivity contribution in [3.63, 3.8) is 0 Å². The Labute approximate surface area is 204 Å². The summed E-state index contributed by atoms with van der Waals surface area (Å²) in [5.41, 5.74) is -1.96. The fraction of sp³-hybridized carbons (Fsp3) is 0.409. The molecular weight excluding hydrogens is 513 g/mol. The predicted molar refractivity (Wildman–Crippen MR) is 120 cm³/mol. The fourth-order valence-electron chi connectivity index (χ4n) is 3.81. The second-order valence-corrected chi connectivity index (χ2v) is 10.5. The first-order valence-electron chi connectivity index (χ1n) is 10.4. The largest absolute Gasteiger partial charge is 0.506 e. The number of hydrogen-bond donors (Lipinski definition) is 1. The SMILES string of the molecule is CCC1CCC(=O)C(=C(O)c2ccc(S(C)(=O)=O)c(COc3cc(C(F)(F)F)nn3C)c2Cl)C1=O. The van der Waals surface area contributed by atoms with E-state index in [2.05, 4.69) is 5.10 Å². The summed E-state index contributed by atoms with van der Waals surface area (Å²) < 4.78 is 69.7. The van der Waals surface area contributed by atoms with Gasteiger partial charge in [0.05, 0.1) is 9.92 Å². The van der Waals surface area contributed by atoms with Crippen LogP contribution in [0, 0.1) is 5.92 Å². The number of benzene rings is 1. The van der Waals surface area contributed by atoms with Gasteiger partial charge < -0.3 is 9.84 Å². The summed E-state index contributed by atoms with van der Waals surface area (Å²) in [7, 11) is -2.68. The van der Waals surface area contributed by atoms with Crippen LogP contribution >= 0.6 is 11.6 Å². The van der Waals surface area contributed by atoms with E-state index in [0.29, 0.717) is 18.9 Å². The lowest BCUT2D eigenvalue weighted by Crippen LogP contribution is -2.28. The lowest BCUT2D eigenvalue weighted by atomic mass is 9.80.